The molecule has 0 fully saturated rings. The number of amides is 3. The smallest absolute Gasteiger partial charge is 0.407 e. The number of nitrogens with one attached hydrogen (secondary N) is 2. The molecule has 3 atom stereocenters. The zero-order chi connectivity index (χ0) is 26.4. The summed E-state index contributed by atoms with van der Waals surface area (Å²) < 4.78 is 10.0. The minimum Gasteiger partial charge on any atom is -0.453 e. The molecule has 0 aliphatic carbocycles. The fourth-order valence-electron chi connectivity index (χ4n) is 4.23. The third kappa shape index (κ3) is 8.70. The first-order valence-electron chi connectivity index (χ1n) is 11.8. The molecule has 10 nitrogen and oxygen atoms in total. The molecule has 3 amide bonds. The van der Waals surface area contributed by atoms with Crippen LogP contribution < -0.4 is 21.3 Å². The average Bonchev–Trinajstić information content (AvgIpc) is 2.75. The zero-order valence-corrected chi connectivity index (χ0v) is 21.6. The summed E-state index contributed by atoms with van der Waals surface area (Å²) in [7, 11) is 1.30. The van der Waals surface area contributed by atoms with Gasteiger partial charge in [-0.3, -0.25) is 4.79 Å². The van der Waals surface area contributed by atoms with Gasteiger partial charge in [-0.05, 0) is 50.7 Å². The fourth-order valence-corrected chi connectivity index (χ4v) is 4.23. The first kappa shape index (κ1) is 28.4. The molecule has 0 saturated carbocycles. The van der Waals surface area contributed by atoms with E-state index in [1.54, 1.807) is 25.7 Å². The van der Waals surface area contributed by atoms with E-state index in [2.05, 4.69) is 10.6 Å². The molecule has 10 heteroatoms. The third-order valence-corrected chi connectivity index (χ3v) is 5.77. The number of carbonyl (C=O) groups excluding carboxylic acids is 3. The molecule has 0 spiro atoms. The number of anilines is 1. The van der Waals surface area contributed by atoms with E-state index >= 15 is 0 Å². The van der Waals surface area contributed by atoms with Gasteiger partial charge in [0.15, 0.2) is 0 Å². The number of hydrogen-bond donors (Lipinski definition) is 4. The molecule has 1 aromatic rings. The lowest BCUT2D eigenvalue weighted by atomic mass is 9.80. The van der Waals surface area contributed by atoms with Gasteiger partial charge in [-0.25, -0.2) is 9.59 Å². The topological polar surface area (TPSA) is 143 Å². The highest BCUT2D eigenvalue weighted by atomic mass is 16.6. The van der Waals surface area contributed by atoms with E-state index in [0.717, 1.165) is 11.3 Å². The molecule has 1 aliphatic rings. The quantitative estimate of drug-likeness (QED) is 0.436. The molecule has 1 heterocycles. The number of fused-ring (bicyclic) bond motifs is 1. The zero-order valence-electron chi connectivity index (χ0n) is 21.6. The Bertz CT molecular complexity index is 898. The van der Waals surface area contributed by atoms with Crippen molar-refractivity contribution in [1.82, 2.24) is 10.6 Å². The minimum absolute atomic E-state index is 0.0507. The molecule has 196 valence electrons. The van der Waals surface area contributed by atoms with Crippen LogP contribution in [0.5, 0.6) is 0 Å². The second-order valence-corrected chi connectivity index (χ2v) is 10.8. The van der Waals surface area contributed by atoms with Crippen LogP contribution in [0.25, 0.3) is 0 Å². The van der Waals surface area contributed by atoms with E-state index in [1.165, 1.54) is 7.11 Å². The van der Waals surface area contributed by atoms with Gasteiger partial charge in [0.05, 0.1) is 25.3 Å². The van der Waals surface area contributed by atoms with E-state index in [-0.39, 0.29) is 24.9 Å². The molecule has 2 rings (SSSR count). The molecule has 0 radical (unpaired) electrons. The van der Waals surface area contributed by atoms with Crippen molar-refractivity contribution in [2.24, 2.45) is 11.1 Å². The molecular formula is C25H40N4O6. The predicted octanol–water partition coefficient (Wildman–Crippen LogP) is 2.32. The highest BCUT2D eigenvalue weighted by Crippen LogP contribution is 2.33. The Balaban J connectivity index is 2.16. The Morgan fingerprint density at radius 1 is 1.17 bits per heavy atom. The Hall–Kier alpha value is -2.85. The fraction of sp³-hybridized carbons (Fsp3) is 0.640. The number of ether oxygens (including phenoxy) is 2. The first-order chi connectivity index (χ1) is 16.2. The van der Waals surface area contributed by atoms with E-state index < -0.39 is 35.3 Å². The molecule has 0 bridgehead atoms. The summed E-state index contributed by atoms with van der Waals surface area (Å²) in [4.78, 5) is 39.3. The molecule has 5 N–H and O–H groups in total. The van der Waals surface area contributed by atoms with Gasteiger partial charge >= 0.3 is 12.2 Å². The van der Waals surface area contributed by atoms with E-state index in [0.29, 0.717) is 19.4 Å². The minimum atomic E-state index is -0.999. The van der Waals surface area contributed by atoms with E-state index in [1.807, 2.05) is 38.1 Å². The van der Waals surface area contributed by atoms with Crippen molar-refractivity contribution in [3.8, 4) is 0 Å². The Morgan fingerprint density at radius 3 is 2.43 bits per heavy atom. The van der Waals surface area contributed by atoms with Gasteiger partial charge in [-0.2, -0.15) is 0 Å². The second-order valence-electron chi connectivity index (χ2n) is 10.8. The maximum Gasteiger partial charge on any atom is 0.407 e. The summed E-state index contributed by atoms with van der Waals surface area (Å²) in [6, 6.07) is 6.61. The molecule has 0 aromatic heterocycles. The van der Waals surface area contributed by atoms with Crippen molar-refractivity contribution >= 4 is 23.8 Å². The normalized spacial score (nSPS) is 17.6. The highest BCUT2D eigenvalue weighted by Gasteiger charge is 2.35. The Labute approximate surface area is 207 Å². The Kier molecular flexibility index (Phi) is 9.51. The number of nitrogens with zero attached hydrogens (tertiary/aromatic N) is 1. The summed E-state index contributed by atoms with van der Waals surface area (Å²) in [6.45, 7) is 9.32. The number of alkyl carbamates (subject to hydrolysis) is 2. The van der Waals surface area contributed by atoms with Crippen molar-refractivity contribution in [1.29, 1.82) is 0 Å². The number of para-hydroxylation sites is 1. The molecule has 1 unspecified atom stereocenters. The number of hydrogen-bond acceptors (Lipinski definition) is 7. The average molecular weight is 493 g/mol. The lowest BCUT2D eigenvalue weighted by Crippen LogP contribution is -2.52. The highest BCUT2D eigenvalue weighted by molar-refractivity contribution is 5.95. The first-order valence-corrected chi connectivity index (χ1v) is 11.8. The van der Waals surface area contributed by atoms with Crippen LogP contribution in [0.4, 0.5) is 15.3 Å². The van der Waals surface area contributed by atoms with Crippen LogP contribution in [-0.4, -0.2) is 67.2 Å². The Morgan fingerprint density at radius 2 is 1.83 bits per heavy atom. The number of benzene rings is 1. The lowest BCUT2D eigenvalue weighted by Gasteiger charge is -2.38. The molecule has 1 aliphatic heterocycles. The van der Waals surface area contributed by atoms with Crippen LogP contribution in [0.1, 0.15) is 53.0 Å². The number of aliphatic hydroxyl groups is 1. The van der Waals surface area contributed by atoms with Gasteiger partial charge < -0.3 is 35.8 Å². The predicted molar refractivity (Wildman–Crippen MR) is 133 cm³/mol. The lowest BCUT2D eigenvalue weighted by molar-refractivity contribution is -0.120. The number of nitrogens with two attached hydrogens (primary N) is 1. The van der Waals surface area contributed by atoms with Gasteiger partial charge in [0.2, 0.25) is 5.91 Å². The standard InChI is InChI=1S/C25H40N4O6/c1-24(2,3)35-23(33)28-18(20(30)14-26)12-25(4,5)13-21(31)29-15-17(27-22(32)34-6)11-16-9-7-8-10-19(16)29/h7-10,17-18,20,30H,11-15,26H2,1-6H3,(H,27,32)(H,28,33)/t17?,18-,20-/m0/s1. The molecule has 0 saturated heterocycles. The van der Waals surface area contributed by atoms with Crippen LogP contribution in [-0.2, 0) is 20.7 Å². The SMILES string of the molecule is COC(=O)NC1Cc2ccccc2N(C(=O)CC(C)(C)C[C@H](NC(=O)OC(C)(C)C)[C@@H](O)CN)C1. The summed E-state index contributed by atoms with van der Waals surface area (Å²) in [6.07, 6.45) is -1.16. The van der Waals surface area contributed by atoms with Crippen molar-refractivity contribution in [3.63, 3.8) is 0 Å². The number of methoxy groups -OCH3 is 1. The van der Waals surface area contributed by atoms with Crippen LogP contribution in [0.15, 0.2) is 24.3 Å². The summed E-state index contributed by atoms with van der Waals surface area (Å²) in [5, 5.41) is 15.9. The van der Waals surface area contributed by atoms with Crippen LogP contribution in [0.2, 0.25) is 0 Å². The maximum atomic E-state index is 13.5. The summed E-state index contributed by atoms with van der Waals surface area (Å²) in [5.41, 5.74) is 6.15. The largest absolute Gasteiger partial charge is 0.453 e. The van der Waals surface area contributed by atoms with Crippen molar-refractivity contribution in [2.45, 2.75) is 77.7 Å². The molecule has 1 aromatic carbocycles. The van der Waals surface area contributed by atoms with Crippen LogP contribution in [0, 0.1) is 5.41 Å². The summed E-state index contributed by atoms with van der Waals surface area (Å²) >= 11 is 0. The van der Waals surface area contributed by atoms with E-state index in [9.17, 15) is 19.5 Å². The van der Waals surface area contributed by atoms with Gasteiger partial charge in [0.25, 0.3) is 0 Å². The molecule has 35 heavy (non-hydrogen) atoms. The maximum absolute atomic E-state index is 13.5. The number of rotatable bonds is 8. The van der Waals surface area contributed by atoms with Gasteiger partial charge in [-0.1, -0.05) is 32.0 Å². The molecular weight excluding hydrogens is 452 g/mol. The summed E-state index contributed by atoms with van der Waals surface area (Å²) in [5.74, 6) is -0.128. The van der Waals surface area contributed by atoms with Gasteiger partial charge in [0, 0.05) is 25.2 Å². The van der Waals surface area contributed by atoms with Gasteiger partial charge in [-0.15, -0.1) is 0 Å². The van der Waals surface area contributed by atoms with Crippen molar-refractivity contribution in [3.05, 3.63) is 29.8 Å². The monoisotopic (exact) mass is 492 g/mol. The van der Waals surface area contributed by atoms with Crippen molar-refractivity contribution in [2.75, 3.05) is 25.1 Å². The third-order valence-electron chi connectivity index (χ3n) is 5.77. The van der Waals surface area contributed by atoms with Crippen molar-refractivity contribution < 1.29 is 29.0 Å². The van der Waals surface area contributed by atoms with Crippen LogP contribution in [0.3, 0.4) is 0 Å². The van der Waals surface area contributed by atoms with Crippen LogP contribution >= 0.6 is 0 Å². The number of aliphatic hydroxyl groups excluding tert-OH is 1. The van der Waals surface area contributed by atoms with Gasteiger partial charge in [0.1, 0.15) is 5.60 Å². The van der Waals surface area contributed by atoms with E-state index in [4.69, 9.17) is 15.2 Å². The second kappa shape index (κ2) is 11.7. The number of carbonyl (C=O) groups is 3.